The molecule has 0 aromatic heterocycles. The fourth-order valence-electron chi connectivity index (χ4n) is 4.73. The zero-order chi connectivity index (χ0) is 22.9. The first-order chi connectivity index (χ1) is 15.2. The van der Waals surface area contributed by atoms with Crippen molar-refractivity contribution in [2.24, 2.45) is 0 Å². The van der Waals surface area contributed by atoms with Crippen molar-refractivity contribution < 1.29 is 18.0 Å². The summed E-state index contributed by atoms with van der Waals surface area (Å²) < 4.78 is 25.8. The van der Waals surface area contributed by atoms with E-state index in [4.69, 9.17) is 0 Å². The van der Waals surface area contributed by atoms with Crippen molar-refractivity contribution in [1.29, 1.82) is 0 Å². The summed E-state index contributed by atoms with van der Waals surface area (Å²) in [4.78, 5) is 27.2. The van der Waals surface area contributed by atoms with Crippen molar-refractivity contribution in [1.82, 2.24) is 5.32 Å². The highest BCUT2D eigenvalue weighted by Gasteiger charge is 2.52. The average molecular weight is 455 g/mol. The van der Waals surface area contributed by atoms with Crippen LogP contribution in [0.3, 0.4) is 0 Å². The second-order valence-electron chi connectivity index (χ2n) is 8.95. The number of carbonyl (C=O) groups is 2. The van der Waals surface area contributed by atoms with E-state index in [2.05, 4.69) is 5.32 Å². The van der Waals surface area contributed by atoms with E-state index in [1.807, 2.05) is 38.1 Å². The highest BCUT2D eigenvalue weighted by molar-refractivity contribution is 7.93. The van der Waals surface area contributed by atoms with Gasteiger partial charge in [-0.2, -0.15) is 0 Å². The smallest absolute Gasteiger partial charge is 0.242 e. The number of sulfone groups is 1. The molecule has 170 valence electrons. The average Bonchev–Trinajstić information content (AvgIpc) is 3.44. The minimum atomic E-state index is -3.82. The maximum Gasteiger partial charge on any atom is 0.242 e. The lowest BCUT2D eigenvalue weighted by atomic mass is 10.1. The van der Waals surface area contributed by atoms with Crippen LogP contribution < -0.4 is 10.2 Å². The largest absolute Gasteiger partial charge is 0.351 e. The molecule has 2 aromatic rings. The van der Waals surface area contributed by atoms with E-state index >= 15 is 0 Å². The summed E-state index contributed by atoms with van der Waals surface area (Å²) in [5, 5.41) is 2.88. The van der Waals surface area contributed by atoms with Gasteiger partial charge in [0.05, 0.1) is 4.90 Å². The topological polar surface area (TPSA) is 83.6 Å². The Morgan fingerprint density at radius 1 is 1.00 bits per heavy atom. The molecule has 1 heterocycles. The summed E-state index contributed by atoms with van der Waals surface area (Å²) >= 11 is 0. The number of nitrogens with zero attached hydrogens (tertiary/aromatic N) is 1. The lowest BCUT2D eigenvalue weighted by Crippen LogP contribution is -2.50. The van der Waals surface area contributed by atoms with Crippen LogP contribution in [0.5, 0.6) is 0 Å². The minimum Gasteiger partial charge on any atom is -0.351 e. The van der Waals surface area contributed by atoms with Crippen LogP contribution in [0.2, 0.25) is 0 Å². The third-order valence-corrected chi connectivity index (χ3v) is 9.40. The molecule has 1 saturated carbocycles. The second-order valence-corrected chi connectivity index (χ2v) is 11.2. The Labute approximate surface area is 189 Å². The van der Waals surface area contributed by atoms with Gasteiger partial charge in [-0.3, -0.25) is 9.59 Å². The maximum atomic E-state index is 13.6. The van der Waals surface area contributed by atoms with Gasteiger partial charge in [-0.15, -0.1) is 0 Å². The fourth-order valence-corrected chi connectivity index (χ4v) is 6.90. The SMILES string of the molecule is Cc1ccc(S(=O)(=O)C2(C(=O)NCc3ccc(N4CCCC4=O)cc3)CCCC2)cc1C. The number of anilines is 1. The lowest BCUT2D eigenvalue weighted by Gasteiger charge is -2.28. The molecule has 6 nitrogen and oxygen atoms in total. The summed E-state index contributed by atoms with van der Waals surface area (Å²) in [7, 11) is -3.82. The summed E-state index contributed by atoms with van der Waals surface area (Å²) in [6.45, 7) is 4.80. The second kappa shape index (κ2) is 8.70. The van der Waals surface area contributed by atoms with Gasteiger partial charge in [-0.1, -0.05) is 31.0 Å². The Morgan fingerprint density at radius 2 is 1.69 bits per heavy atom. The first-order valence-corrected chi connectivity index (χ1v) is 12.7. The van der Waals surface area contributed by atoms with Gasteiger partial charge in [0, 0.05) is 25.2 Å². The van der Waals surface area contributed by atoms with Crippen LogP contribution in [-0.2, 0) is 26.0 Å². The number of aryl methyl sites for hydroxylation is 2. The molecule has 4 rings (SSSR count). The van der Waals surface area contributed by atoms with E-state index in [0.29, 0.717) is 19.3 Å². The predicted molar refractivity (Wildman–Crippen MR) is 124 cm³/mol. The van der Waals surface area contributed by atoms with E-state index in [1.165, 1.54) is 0 Å². The van der Waals surface area contributed by atoms with Gasteiger partial charge in [0.15, 0.2) is 14.6 Å². The molecule has 0 radical (unpaired) electrons. The number of hydrogen-bond acceptors (Lipinski definition) is 4. The van der Waals surface area contributed by atoms with Crippen molar-refractivity contribution in [2.75, 3.05) is 11.4 Å². The van der Waals surface area contributed by atoms with Crippen molar-refractivity contribution in [2.45, 2.75) is 68.6 Å². The molecule has 32 heavy (non-hydrogen) atoms. The van der Waals surface area contributed by atoms with Gasteiger partial charge in [-0.05, 0) is 74.1 Å². The van der Waals surface area contributed by atoms with Crippen LogP contribution in [0.15, 0.2) is 47.4 Å². The molecule has 1 aliphatic carbocycles. The number of rotatable bonds is 6. The number of hydrogen-bond donors (Lipinski definition) is 1. The van der Waals surface area contributed by atoms with Gasteiger partial charge in [0.1, 0.15) is 0 Å². The van der Waals surface area contributed by atoms with Crippen molar-refractivity contribution in [3.05, 3.63) is 59.2 Å². The Hall–Kier alpha value is -2.67. The Kier molecular flexibility index (Phi) is 6.12. The summed E-state index contributed by atoms with van der Waals surface area (Å²) in [5.41, 5.74) is 3.64. The molecule has 0 bridgehead atoms. The minimum absolute atomic E-state index is 0.130. The molecule has 2 aliphatic rings. The van der Waals surface area contributed by atoms with Gasteiger partial charge in [0.2, 0.25) is 11.8 Å². The lowest BCUT2D eigenvalue weighted by molar-refractivity contribution is -0.123. The maximum absolute atomic E-state index is 13.6. The van der Waals surface area contributed by atoms with Gasteiger partial charge in [-0.25, -0.2) is 8.42 Å². The quantitative estimate of drug-likeness (QED) is 0.719. The molecule has 2 fully saturated rings. The zero-order valence-corrected chi connectivity index (χ0v) is 19.5. The Bertz CT molecular complexity index is 1130. The van der Waals surface area contributed by atoms with E-state index in [0.717, 1.165) is 48.2 Å². The zero-order valence-electron chi connectivity index (χ0n) is 18.7. The monoisotopic (exact) mass is 454 g/mol. The first-order valence-electron chi connectivity index (χ1n) is 11.2. The van der Waals surface area contributed by atoms with Crippen LogP contribution >= 0.6 is 0 Å². The van der Waals surface area contributed by atoms with Crippen LogP contribution in [0.25, 0.3) is 0 Å². The Balaban J connectivity index is 1.51. The van der Waals surface area contributed by atoms with Gasteiger partial charge in [0.25, 0.3) is 0 Å². The highest BCUT2D eigenvalue weighted by atomic mass is 32.2. The molecule has 0 spiro atoms. The molecular weight excluding hydrogens is 424 g/mol. The van der Waals surface area contributed by atoms with E-state index in [-0.39, 0.29) is 17.3 Å². The molecule has 2 aromatic carbocycles. The molecular formula is C25H30N2O4S. The highest BCUT2D eigenvalue weighted by Crippen LogP contribution is 2.41. The van der Waals surface area contributed by atoms with Crippen LogP contribution in [-0.4, -0.2) is 31.5 Å². The normalized spacial score (nSPS) is 18.2. The number of amides is 2. The fraction of sp³-hybridized carbons (Fsp3) is 0.440. The summed E-state index contributed by atoms with van der Waals surface area (Å²) in [6, 6.07) is 12.6. The third-order valence-electron chi connectivity index (χ3n) is 6.90. The molecule has 2 amide bonds. The standard InChI is InChI=1S/C25H30N2O4S/c1-18-7-12-22(16-19(18)2)32(30,31)25(13-3-4-14-25)24(29)26-17-20-8-10-21(11-9-20)27-15-5-6-23(27)28/h7-12,16H,3-6,13-15,17H2,1-2H3,(H,26,29). The van der Waals surface area contributed by atoms with Crippen molar-refractivity contribution in [3.8, 4) is 0 Å². The Morgan fingerprint density at radius 3 is 2.28 bits per heavy atom. The third kappa shape index (κ3) is 3.94. The molecule has 0 unspecified atom stereocenters. The summed E-state index contributed by atoms with van der Waals surface area (Å²) in [6.07, 6.45) is 3.56. The van der Waals surface area contributed by atoms with Gasteiger partial charge >= 0.3 is 0 Å². The molecule has 1 aliphatic heterocycles. The molecule has 0 atom stereocenters. The van der Waals surface area contributed by atoms with E-state index < -0.39 is 20.5 Å². The first kappa shape index (κ1) is 22.5. The molecule has 7 heteroatoms. The molecule has 1 saturated heterocycles. The van der Waals surface area contributed by atoms with E-state index in [9.17, 15) is 18.0 Å². The van der Waals surface area contributed by atoms with Crippen molar-refractivity contribution >= 4 is 27.3 Å². The van der Waals surface area contributed by atoms with Crippen LogP contribution in [0, 0.1) is 13.8 Å². The van der Waals surface area contributed by atoms with Crippen molar-refractivity contribution in [3.63, 3.8) is 0 Å². The van der Waals surface area contributed by atoms with E-state index in [1.54, 1.807) is 23.1 Å². The van der Waals surface area contributed by atoms with Crippen LogP contribution in [0.4, 0.5) is 5.69 Å². The molecule has 1 N–H and O–H groups in total. The number of benzene rings is 2. The van der Waals surface area contributed by atoms with Gasteiger partial charge < -0.3 is 10.2 Å². The van der Waals surface area contributed by atoms with Crippen LogP contribution in [0.1, 0.15) is 55.2 Å². The predicted octanol–water partition coefficient (Wildman–Crippen LogP) is 3.83. The number of nitrogens with one attached hydrogen (secondary N) is 1. The number of carbonyl (C=O) groups excluding carboxylic acids is 2. The summed E-state index contributed by atoms with van der Waals surface area (Å²) in [5.74, 6) is -0.294.